The Hall–Kier alpha value is -0.660. The molecule has 0 nitrogen and oxygen atoms in total. The molecule has 0 aromatic heterocycles. The third-order valence-corrected chi connectivity index (χ3v) is 8.67. The van der Waals surface area contributed by atoms with E-state index in [1.165, 1.54) is 62.5 Å². The first kappa shape index (κ1) is 35.3. The monoisotopic (exact) mass is 616 g/mol. The van der Waals surface area contributed by atoms with E-state index in [1.807, 2.05) is 0 Å². The van der Waals surface area contributed by atoms with Crippen LogP contribution in [-0.4, -0.2) is 12.3 Å². The molecular weight excluding hydrogens is 575 g/mol. The van der Waals surface area contributed by atoms with Crippen LogP contribution >= 0.6 is 0 Å². The molecule has 1 unspecified atom stereocenters. The summed E-state index contributed by atoms with van der Waals surface area (Å²) >= 11 is 1.30. The van der Waals surface area contributed by atoms with Crippen molar-refractivity contribution < 1.29 is 49.0 Å². The van der Waals surface area contributed by atoms with Gasteiger partial charge in [0, 0.05) is 0 Å². The molecule has 0 saturated heterocycles. The van der Waals surface area contributed by atoms with Gasteiger partial charge in [-0.1, -0.05) is 116 Å². The second-order valence-electron chi connectivity index (χ2n) is 12.6. The summed E-state index contributed by atoms with van der Waals surface area (Å²) in [5.74, 6) is 0.553. The van der Waals surface area contributed by atoms with Crippen molar-refractivity contribution in [3.63, 3.8) is 0 Å². The largest absolute Gasteiger partial charge is 1.00 e. The Labute approximate surface area is 249 Å². The van der Waals surface area contributed by atoms with E-state index in [1.54, 1.807) is 5.20 Å². The van der Waals surface area contributed by atoms with Crippen LogP contribution in [-0.2, 0) is 35.1 Å². The van der Waals surface area contributed by atoms with Crippen molar-refractivity contribution in [2.45, 2.75) is 85.9 Å². The van der Waals surface area contributed by atoms with E-state index in [0.29, 0.717) is 5.92 Å². The summed E-state index contributed by atoms with van der Waals surface area (Å²) in [5.41, 5.74) is 4.61. The van der Waals surface area contributed by atoms with Crippen molar-refractivity contribution >= 4 is 33.8 Å². The number of hydrogen-bond donors (Lipinski definition) is 0. The maximum atomic E-state index is 3.43. The Morgan fingerprint density at radius 2 is 1.19 bits per heavy atom. The second kappa shape index (κ2) is 13.4. The summed E-state index contributed by atoms with van der Waals surface area (Å²) in [6.45, 7) is 25.2. The molecule has 1 aliphatic rings. The molecule has 1 atom stereocenters. The number of fused-ring (bicyclic) bond motifs is 3. The van der Waals surface area contributed by atoms with Crippen LogP contribution in [0.5, 0.6) is 0 Å². The molecule has 0 radical (unpaired) electrons. The molecule has 196 valence electrons. The average Bonchev–Trinajstić information content (AvgIpc) is 3.26. The summed E-state index contributed by atoms with van der Waals surface area (Å²) in [7, 11) is -1.07. The Kier molecular flexibility index (Phi) is 13.2. The minimum atomic E-state index is -1.07. The molecule has 0 saturated carbocycles. The second-order valence-corrected chi connectivity index (χ2v) is 17.7. The zero-order valence-corrected chi connectivity index (χ0v) is 29.1. The Morgan fingerprint density at radius 1 is 0.806 bits per heavy atom. The standard InChI is InChI=1S/C21H25.C10H17Si.CH2.2ClH.Zr/c1-20(2,3)16-7-9-18-14(12-16)11-15-13-17(21(4,5)6)8-10-19(15)18;1-8-6-9(2)10(7-8)11(3,4)5;;;;/h7-13H,1-6H3;7-8H,1-5H3;1H2;2*1H;/q2*-1;;;;+2/p-2. The fourth-order valence-corrected chi connectivity index (χ4v) is 6.55. The van der Waals surface area contributed by atoms with Crippen molar-refractivity contribution in [1.82, 2.24) is 0 Å². The van der Waals surface area contributed by atoms with Crippen molar-refractivity contribution in [3.05, 3.63) is 76.5 Å². The Bertz CT molecular complexity index is 1140. The summed E-state index contributed by atoms with van der Waals surface area (Å²) in [4.78, 5) is 0. The fourth-order valence-electron chi connectivity index (χ4n) is 4.60. The van der Waals surface area contributed by atoms with Gasteiger partial charge in [0.2, 0.25) is 0 Å². The molecule has 36 heavy (non-hydrogen) atoms. The molecule has 0 amide bonds. The topological polar surface area (TPSA) is 0 Å². The fraction of sp³-hybridized carbons (Fsp3) is 0.438. The predicted molar refractivity (Wildman–Crippen MR) is 155 cm³/mol. The van der Waals surface area contributed by atoms with E-state index in [4.69, 9.17) is 0 Å². The van der Waals surface area contributed by atoms with Crippen LogP contribution < -0.4 is 24.8 Å². The van der Waals surface area contributed by atoms with Gasteiger partial charge < -0.3 is 24.8 Å². The molecule has 0 bridgehead atoms. The van der Waals surface area contributed by atoms with Gasteiger partial charge in [0.25, 0.3) is 0 Å². The number of hydrogen-bond acceptors (Lipinski definition) is 0. The molecular formula is C32H44Cl2SiZr-2. The van der Waals surface area contributed by atoms with Crippen LogP contribution in [0.4, 0.5) is 0 Å². The third-order valence-electron chi connectivity index (χ3n) is 6.51. The summed E-state index contributed by atoms with van der Waals surface area (Å²) < 4.78 is 3.34. The van der Waals surface area contributed by atoms with Crippen LogP contribution in [0.1, 0.15) is 66.5 Å². The first-order valence-electron chi connectivity index (χ1n) is 12.4. The van der Waals surface area contributed by atoms with Crippen LogP contribution in [0.15, 0.2) is 59.3 Å². The maximum Gasteiger partial charge on any atom is -1.00 e. The van der Waals surface area contributed by atoms with Crippen LogP contribution in [0.2, 0.25) is 19.6 Å². The van der Waals surface area contributed by atoms with E-state index >= 15 is 0 Å². The summed E-state index contributed by atoms with van der Waals surface area (Å²) in [6.07, 6.45) is 5.81. The van der Waals surface area contributed by atoms with Crippen LogP contribution in [0.25, 0.3) is 21.5 Å². The molecule has 0 heterocycles. The number of rotatable bonds is 1. The average molecular weight is 619 g/mol. The maximum absolute atomic E-state index is 3.43. The molecule has 0 fully saturated rings. The zero-order valence-electron chi connectivity index (χ0n) is 24.2. The van der Waals surface area contributed by atoms with Gasteiger partial charge in [-0.25, -0.2) is 10.8 Å². The zero-order chi connectivity index (χ0) is 26.1. The van der Waals surface area contributed by atoms with E-state index < -0.39 is 8.07 Å². The first-order chi connectivity index (χ1) is 15.6. The van der Waals surface area contributed by atoms with Gasteiger partial charge in [-0.2, -0.15) is 6.08 Å². The van der Waals surface area contributed by atoms with Crippen molar-refractivity contribution in [1.29, 1.82) is 0 Å². The molecule has 0 N–H and O–H groups in total. The van der Waals surface area contributed by atoms with E-state index in [9.17, 15) is 0 Å². The van der Waals surface area contributed by atoms with E-state index in [0.717, 1.165) is 0 Å². The summed E-state index contributed by atoms with van der Waals surface area (Å²) in [6, 6.07) is 16.2. The van der Waals surface area contributed by atoms with E-state index in [2.05, 4.69) is 134 Å². The third kappa shape index (κ3) is 8.69. The van der Waals surface area contributed by atoms with Crippen LogP contribution in [0.3, 0.4) is 0 Å². The van der Waals surface area contributed by atoms with Gasteiger partial charge in [0.05, 0.1) is 0 Å². The molecule has 0 spiro atoms. The molecule has 4 heteroatoms. The van der Waals surface area contributed by atoms with Crippen molar-refractivity contribution in [2.24, 2.45) is 5.92 Å². The first-order valence-corrected chi connectivity index (χ1v) is 17.6. The van der Waals surface area contributed by atoms with Gasteiger partial charge in [-0.3, -0.25) is 6.08 Å². The molecule has 3 aromatic carbocycles. The quantitative estimate of drug-likeness (QED) is 0.290. The number of halogens is 2. The van der Waals surface area contributed by atoms with Gasteiger partial charge >= 0.3 is 28.4 Å². The molecule has 4 rings (SSSR count). The summed E-state index contributed by atoms with van der Waals surface area (Å²) in [5, 5.41) is 7.08. The predicted octanol–water partition coefficient (Wildman–Crippen LogP) is 3.47. The minimum absolute atomic E-state index is 0. The van der Waals surface area contributed by atoms with Crippen molar-refractivity contribution in [2.75, 3.05) is 0 Å². The van der Waals surface area contributed by atoms with Crippen LogP contribution in [0, 0.1) is 12.0 Å². The van der Waals surface area contributed by atoms with Gasteiger partial charge in [-0.15, -0.1) is 39.7 Å². The SMILES string of the molecule is CC(C)(C)c1ccc2c(c1)[cH-]c1cc(C(C)(C)C)ccc12.CC1=[C-]C(C)C=C1[Si](C)(C)C.[CH2]=[Zr+2].[Cl-].[Cl-]. The smallest absolute Gasteiger partial charge is 1.00 e. The Morgan fingerprint density at radius 3 is 1.44 bits per heavy atom. The van der Waals surface area contributed by atoms with Crippen molar-refractivity contribution in [3.8, 4) is 0 Å². The van der Waals surface area contributed by atoms with Gasteiger partial charge in [0.15, 0.2) is 0 Å². The normalized spacial score (nSPS) is 15.5. The molecule has 0 aliphatic heterocycles. The number of benzene rings is 2. The number of allylic oxidation sites excluding steroid dienone is 4. The molecule has 3 aromatic rings. The van der Waals surface area contributed by atoms with E-state index in [-0.39, 0.29) is 35.6 Å². The minimum Gasteiger partial charge on any atom is -1.00 e. The Balaban J connectivity index is 0.000000701. The molecule has 1 aliphatic carbocycles. The van der Waals surface area contributed by atoms with Gasteiger partial charge in [-0.05, 0) is 18.9 Å². The van der Waals surface area contributed by atoms with Gasteiger partial charge in [0.1, 0.15) is 0 Å².